The van der Waals surface area contributed by atoms with Crippen LogP contribution in [0.5, 0.6) is 0 Å². The Bertz CT molecular complexity index is 2700. The molecule has 0 atom stereocenters. The molecule has 3 heteroatoms. The molecule has 0 bridgehead atoms. The van der Waals surface area contributed by atoms with Crippen LogP contribution in [0.1, 0.15) is 103 Å². The maximum atomic E-state index is 2.59. The van der Waals surface area contributed by atoms with Gasteiger partial charge in [-0.3, -0.25) is 0 Å². The Hall–Kier alpha value is -5.80. The Morgan fingerprint density at radius 1 is 0.390 bits per heavy atom. The van der Waals surface area contributed by atoms with Gasteiger partial charge in [-0.2, -0.15) is 0 Å². The van der Waals surface area contributed by atoms with Crippen molar-refractivity contribution in [3.05, 3.63) is 173 Å². The maximum Gasteiger partial charge on any atom is 0.252 e. The van der Waals surface area contributed by atoms with E-state index in [1.807, 2.05) is 0 Å². The van der Waals surface area contributed by atoms with E-state index in [1.165, 1.54) is 106 Å². The van der Waals surface area contributed by atoms with E-state index < -0.39 is 0 Å². The molecule has 4 aliphatic rings. The number of rotatable bonds is 2. The molecule has 0 unspecified atom stereocenters. The summed E-state index contributed by atoms with van der Waals surface area (Å²) in [5.41, 5.74) is 25.1. The van der Waals surface area contributed by atoms with Crippen molar-refractivity contribution < 1.29 is 0 Å². The lowest BCUT2D eigenvalue weighted by Gasteiger charge is -2.45. The van der Waals surface area contributed by atoms with Crippen LogP contribution in [0.2, 0.25) is 0 Å². The predicted molar refractivity (Wildman–Crippen MR) is 253 cm³/mol. The normalized spacial score (nSPS) is 16.1. The molecule has 7 aromatic rings. The molecule has 0 aromatic heterocycles. The summed E-state index contributed by atoms with van der Waals surface area (Å²) < 4.78 is 0. The van der Waals surface area contributed by atoms with Crippen LogP contribution in [0.25, 0.3) is 22.3 Å². The van der Waals surface area contributed by atoms with E-state index in [2.05, 4.69) is 219 Å². The zero-order valence-electron chi connectivity index (χ0n) is 36.3. The Kier molecular flexibility index (Phi) is 7.33. The van der Waals surface area contributed by atoms with Gasteiger partial charge in [0.05, 0.1) is 0 Å². The van der Waals surface area contributed by atoms with Gasteiger partial charge in [-0.1, -0.05) is 160 Å². The second-order valence-electron chi connectivity index (χ2n) is 20.7. The van der Waals surface area contributed by atoms with Gasteiger partial charge in [0, 0.05) is 45.0 Å². The molecule has 0 radical (unpaired) electrons. The van der Waals surface area contributed by atoms with E-state index in [0.717, 1.165) is 0 Å². The first-order chi connectivity index (χ1) is 28.0. The van der Waals surface area contributed by atoms with Crippen LogP contribution in [0, 0.1) is 0 Å². The molecule has 0 amide bonds. The molecule has 2 aliphatic carbocycles. The monoisotopic (exact) mass is 764 g/mol. The van der Waals surface area contributed by atoms with E-state index in [1.54, 1.807) is 0 Å². The Morgan fingerprint density at radius 2 is 0.780 bits per heavy atom. The second kappa shape index (κ2) is 11.9. The van der Waals surface area contributed by atoms with Crippen LogP contribution in [-0.2, 0) is 21.7 Å². The van der Waals surface area contributed by atoms with E-state index in [4.69, 9.17) is 0 Å². The number of hydrogen-bond donors (Lipinski definition) is 0. The minimum absolute atomic E-state index is 0.0312. The number of benzene rings is 7. The van der Waals surface area contributed by atoms with Crippen LogP contribution in [0.15, 0.2) is 140 Å². The first-order valence-electron chi connectivity index (χ1n) is 21.6. The molecular weight excluding hydrogens is 711 g/mol. The van der Waals surface area contributed by atoms with Crippen LogP contribution in [0.4, 0.5) is 34.1 Å². The lowest BCUT2D eigenvalue weighted by molar-refractivity contribution is 0.590. The standard InChI is InChI=1S/C56H53BN2/c1-53(2,3)34-22-26-36(27-23-34)58-48-20-15-21-49-52(48)57(46-30-40-38-16-11-13-18-42(38)55(7,8)44(40)32-50(46)58)47-31-41-39-17-12-14-19-43(39)56(9,10)45(41)33-51(47)59(49)37-28-24-35(25-29-37)54(4,5)6/h11-33H,1-10H3. The van der Waals surface area contributed by atoms with Crippen LogP contribution >= 0.6 is 0 Å². The van der Waals surface area contributed by atoms with E-state index in [0.29, 0.717) is 0 Å². The first kappa shape index (κ1) is 36.3. The largest absolute Gasteiger partial charge is 0.311 e. The van der Waals surface area contributed by atoms with Gasteiger partial charge >= 0.3 is 0 Å². The molecule has 2 nitrogen and oxygen atoms in total. The molecule has 2 aliphatic heterocycles. The minimum Gasteiger partial charge on any atom is -0.311 e. The first-order valence-corrected chi connectivity index (χ1v) is 21.6. The summed E-state index contributed by atoms with van der Waals surface area (Å²) in [6, 6.07) is 54.2. The molecule has 290 valence electrons. The zero-order valence-corrected chi connectivity index (χ0v) is 36.3. The van der Waals surface area contributed by atoms with Gasteiger partial charge in [-0.15, -0.1) is 0 Å². The van der Waals surface area contributed by atoms with Crippen molar-refractivity contribution >= 4 is 57.2 Å². The number of nitrogens with zero attached hydrogens (tertiary/aromatic N) is 2. The highest BCUT2D eigenvalue weighted by Gasteiger charge is 2.47. The molecular formula is C56H53BN2. The third-order valence-electron chi connectivity index (χ3n) is 14.4. The molecule has 0 fully saturated rings. The van der Waals surface area contributed by atoms with Crippen molar-refractivity contribution in [1.29, 1.82) is 0 Å². The third kappa shape index (κ3) is 5.00. The summed E-state index contributed by atoms with van der Waals surface area (Å²) in [6.45, 7) is 23.5. The SMILES string of the molecule is CC(C)(C)c1ccc(N2c3cc4c(cc3B3c5cc6c(cc5N(c5ccc(C(C)(C)C)cc5)c5cccc2c53)C(C)(C)c2ccccc2-6)-c2ccccc2C4(C)C)cc1. The van der Waals surface area contributed by atoms with E-state index in [-0.39, 0.29) is 28.4 Å². The van der Waals surface area contributed by atoms with Crippen molar-refractivity contribution in [3.8, 4) is 22.3 Å². The fourth-order valence-corrected chi connectivity index (χ4v) is 11.1. The lowest BCUT2D eigenvalue weighted by Crippen LogP contribution is -2.61. The number of fused-ring (bicyclic) bond motifs is 10. The molecule has 59 heavy (non-hydrogen) atoms. The Labute approximate surface area is 351 Å². The van der Waals surface area contributed by atoms with Gasteiger partial charge in [-0.05, 0) is 131 Å². The molecule has 0 saturated heterocycles. The van der Waals surface area contributed by atoms with Crippen molar-refractivity contribution in [3.63, 3.8) is 0 Å². The minimum atomic E-state index is -0.124. The summed E-state index contributed by atoms with van der Waals surface area (Å²) >= 11 is 0. The van der Waals surface area contributed by atoms with Crippen LogP contribution < -0.4 is 26.2 Å². The van der Waals surface area contributed by atoms with E-state index >= 15 is 0 Å². The van der Waals surface area contributed by atoms with Gasteiger partial charge < -0.3 is 9.80 Å². The highest BCUT2D eigenvalue weighted by Crippen LogP contribution is 2.54. The fraction of sp³-hybridized carbons (Fsp3) is 0.250. The predicted octanol–water partition coefficient (Wildman–Crippen LogP) is 13.0. The van der Waals surface area contributed by atoms with Gasteiger partial charge in [0.1, 0.15) is 0 Å². The van der Waals surface area contributed by atoms with E-state index in [9.17, 15) is 0 Å². The number of hydrogen-bond acceptors (Lipinski definition) is 2. The average molecular weight is 765 g/mol. The summed E-state index contributed by atoms with van der Waals surface area (Å²) in [5.74, 6) is 0. The molecule has 2 heterocycles. The third-order valence-corrected chi connectivity index (χ3v) is 14.4. The molecule has 0 saturated carbocycles. The lowest BCUT2D eigenvalue weighted by atomic mass is 9.33. The Balaban J connectivity index is 1.24. The highest BCUT2D eigenvalue weighted by atomic mass is 15.2. The topological polar surface area (TPSA) is 6.48 Å². The van der Waals surface area contributed by atoms with Crippen molar-refractivity contribution in [2.24, 2.45) is 0 Å². The average Bonchev–Trinajstić information content (AvgIpc) is 3.57. The molecule has 7 aromatic carbocycles. The van der Waals surface area contributed by atoms with Gasteiger partial charge in [-0.25, -0.2) is 0 Å². The van der Waals surface area contributed by atoms with Crippen LogP contribution in [-0.4, -0.2) is 6.71 Å². The quantitative estimate of drug-likeness (QED) is 0.162. The zero-order chi connectivity index (χ0) is 41.0. The Morgan fingerprint density at radius 3 is 1.17 bits per heavy atom. The molecule has 11 rings (SSSR count). The van der Waals surface area contributed by atoms with Crippen molar-refractivity contribution in [1.82, 2.24) is 0 Å². The number of anilines is 6. The van der Waals surface area contributed by atoms with Gasteiger partial charge in [0.2, 0.25) is 0 Å². The summed E-state index contributed by atoms with van der Waals surface area (Å²) in [6.07, 6.45) is 0. The van der Waals surface area contributed by atoms with Crippen molar-refractivity contribution in [2.45, 2.75) is 90.9 Å². The van der Waals surface area contributed by atoms with Gasteiger partial charge in [0.15, 0.2) is 0 Å². The van der Waals surface area contributed by atoms with Gasteiger partial charge in [0.25, 0.3) is 6.71 Å². The summed E-state index contributed by atoms with van der Waals surface area (Å²) in [7, 11) is 0. The summed E-state index contributed by atoms with van der Waals surface area (Å²) in [4.78, 5) is 5.15. The fourth-order valence-electron chi connectivity index (χ4n) is 11.1. The second-order valence-corrected chi connectivity index (χ2v) is 20.7. The molecule has 0 spiro atoms. The maximum absolute atomic E-state index is 2.59. The molecule has 0 N–H and O–H groups in total. The van der Waals surface area contributed by atoms with Crippen molar-refractivity contribution in [2.75, 3.05) is 9.80 Å². The smallest absolute Gasteiger partial charge is 0.252 e. The highest BCUT2D eigenvalue weighted by molar-refractivity contribution is 7.00. The summed E-state index contributed by atoms with van der Waals surface area (Å²) in [5, 5.41) is 0. The van der Waals surface area contributed by atoms with Crippen LogP contribution in [0.3, 0.4) is 0 Å².